The summed E-state index contributed by atoms with van der Waals surface area (Å²) in [6.45, 7) is 3.21. The molecule has 130 valence electrons. The van der Waals surface area contributed by atoms with Gasteiger partial charge in [0.25, 0.3) is 0 Å². The molecule has 1 atom stereocenters. The number of hydrogen-bond donors (Lipinski definition) is 2. The van der Waals surface area contributed by atoms with Crippen LogP contribution in [0.4, 0.5) is 4.39 Å². The summed E-state index contributed by atoms with van der Waals surface area (Å²) in [4.78, 5) is 1.58. The molecule has 0 amide bonds. The van der Waals surface area contributed by atoms with Crippen molar-refractivity contribution >= 4 is 22.6 Å². The first kappa shape index (κ1) is 19.6. The second-order valence-electron chi connectivity index (χ2n) is 6.35. The van der Waals surface area contributed by atoms with Gasteiger partial charge >= 0.3 is 0 Å². The molecular weight excluding hydrogens is 440 g/mol. The first-order chi connectivity index (χ1) is 11.1. The van der Waals surface area contributed by atoms with Gasteiger partial charge in [-0.25, -0.2) is 4.39 Å². The Labute approximate surface area is 162 Å². The molecule has 2 aromatic rings. The zero-order valence-electron chi connectivity index (χ0n) is 13.4. The molecule has 0 saturated carbocycles. The highest BCUT2D eigenvalue weighted by Gasteiger charge is 2.28. The van der Waals surface area contributed by atoms with Crippen LogP contribution in [0.25, 0.3) is 0 Å². The Balaban J connectivity index is 0.00000208. The van der Waals surface area contributed by atoms with E-state index in [0.717, 1.165) is 38.0 Å². The molecule has 0 bridgehead atoms. The molecular formula is C19H22ClFINO. The van der Waals surface area contributed by atoms with Gasteiger partial charge in [0.05, 0.1) is 19.2 Å². The number of benzene rings is 2. The smallest absolute Gasteiger partial charge is 0.123 e. The second-order valence-corrected chi connectivity index (χ2v) is 7.51. The number of rotatable bonds is 4. The second kappa shape index (κ2) is 9.13. The van der Waals surface area contributed by atoms with Gasteiger partial charge in [-0.1, -0.05) is 30.3 Å². The molecule has 1 saturated heterocycles. The first-order valence-electron chi connectivity index (χ1n) is 8.14. The number of aliphatic hydroxyl groups is 1. The van der Waals surface area contributed by atoms with Crippen LogP contribution in [0.5, 0.6) is 0 Å². The van der Waals surface area contributed by atoms with Gasteiger partial charge in [-0.2, -0.15) is 0 Å². The van der Waals surface area contributed by atoms with E-state index in [4.69, 9.17) is 0 Å². The van der Waals surface area contributed by atoms with E-state index in [1.165, 1.54) is 21.3 Å². The average molecular weight is 462 g/mol. The molecule has 3 rings (SSSR count). The van der Waals surface area contributed by atoms with Gasteiger partial charge in [0.15, 0.2) is 0 Å². The molecule has 0 aliphatic carbocycles. The average Bonchev–Trinajstić information content (AvgIpc) is 2.58. The predicted molar refractivity (Wildman–Crippen MR) is 97.6 cm³/mol. The molecule has 2 nitrogen and oxygen atoms in total. The Morgan fingerprint density at radius 1 is 1.08 bits per heavy atom. The lowest BCUT2D eigenvalue weighted by Crippen LogP contribution is -3.11. The fraction of sp³-hybridized carbons (Fsp3) is 0.368. The van der Waals surface area contributed by atoms with Gasteiger partial charge in [-0.15, -0.1) is 0 Å². The van der Waals surface area contributed by atoms with Crippen LogP contribution in [0.15, 0.2) is 48.5 Å². The fourth-order valence-electron chi connectivity index (χ4n) is 3.38. The third-order valence-electron chi connectivity index (χ3n) is 4.79. The number of nitrogens with one attached hydrogen (secondary N) is 1. The minimum Gasteiger partial charge on any atom is -1.00 e. The summed E-state index contributed by atoms with van der Waals surface area (Å²) >= 11 is 2.40. The van der Waals surface area contributed by atoms with Crippen molar-refractivity contribution in [3.05, 3.63) is 69.0 Å². The van der Waals surface area contributed by atoms with Crippen LogP contribution in [0.3, 0.4) is 0 Å². The van der Waals surface area contributed by atoms with Gasteiger partial charge in [-0.3, -0.25) is 0 Å². The third kappa shape index (κ3) is 4.91. The summed E-state index contributed by atoms with van der Waals surface area (Å²) in [7, 11) is 0. The summed E-state index contributed by atoms with van der Waals surface area (Å²) < 4.78 is 14.3. The van der Waals surface area contributed by atoms with Gasteiger partial charge in [-0.05, 0) is 52.3 Å². The molecule has 1 aliphatic heterocycles. The zero-order chi connectivity index (χ0) is 16.2. The molecule has 1 fully saturated rings. The van der Waals surface area contributed by atoms with Crippen LogP contribution < -0.4 is 17.3 Å². The van der Waals surface area contributed by atoms with E-state index < -0.39 is 6.10 Å². The molecule has 1 heterocycles. The molecule has 2 aromatic carbocycles. The largest absolute Gasteiger partial charge is 1.00 e. The lowest BCUT2D eigenvalue weighted by molar-refractivity contribution is -0.920. The summed E-state index contributed by atoms with van der Waals surface area (Å²) in [5.41, 5.74) is 2.23. The Hall–Kier alpha value is -0.690. The van der Waals surface area contributed by atoms with E-state index in [1.807, 2.05) is 0 Å². The molecule has 0 radical (unpaired) electrons. The zero-order valence-corrected chi connectivity index (χ0v) is 16.3. The molecule has 0 spiro atoms. The van der Waals surface area contributed by atoms with Crippen molar-refractivity contribution in [3.8, 4) is 0 Å². The number of likely N-dealkylation sites (tertiary alicyclic amines) is 1. The Bertz CT molecular complexity index is 644. The Morgan fingerprint density at radius 2 is 1.71 bits per heavy atom. The maximum atomic E-state index is 13.0. The van der Waals surface area contributed by atoms with Gasteiger partial charge in [0, 0.05) is 22.0 Å². The van der Waals surface area contributed by atoms with Crippen molar-refractivity contribution < 1.29 is 26.8 Å². The lowest BCUT2D eigenvalue weighted by atomic mass is 9.87. The molecule has 0 aromatic heterocycles. The standard InChI is InChI=1S/C19H21FINO.ClH/c20-17-7-5-14(6-8-17)19(23)15-9-11-22(12-10-15)13-16-3-1-2-4-18(16)21;/h1-8,15,19,23H,9-13H2;1H. The normalized spacial score (nSPS) is 21.8. The molecule has 1 aliphatic rings. The molecule has 1 unspecified atom stereocenters. The summed E-state index contributed by atoms with van der Waals surface area (Å²) in [5.74, 6) is 0.0248. The summed E-state index contributed by atoms with van der Waals surface area (Å²) in [6, 6.07) is 14.8. The summed E-state index contributed by atoms with van der Waals surface area (Å²) in [5, 5.41) is 10.5. The minimum absolute atomic E-state index is 0. The lowest BCUT2D eigenvalue weighted by Gasteiger charge is -2.32. The van der Waals surface area contributed by atoms with Crippen molar-refractivity contribution in [1.29, 1.82) is 0 Å². The third-order valence-corrected chi connectivity index (χ3v) is 5.85. The highest BCUT2D eigenvalue weighted by molar-refractivity contribution is 14.1. The van der Waals surface area contributed by atoms with E-state index in [-0.39, 0.29) is 24.1 Å². The monoisotopic (exact) mass is 461 g/mol. The fourth-order valence-corrected chi connectivity index (χ4v) is 3.96. The molecule has 5 heteroatoms. The number of piperidine rings is 1. The highest BCUT2D eigenvalue weighted by atomic mass is 127. The maximum Gasteiger partial charge on any atom is 0.123 e. The quantitative estimate of drug-likeness (QED) is 0.614. The first-order valence-corrected chi connectivity index (χ1v) is 9.22. The molecule has 2 N–H and O–H groups in total. The van der Waals surface area contributed by atoms with Crippen LogP contribution in [0.2, 0.25) is 0 Å². The van der Waals surface area contributed by atoms with Crippen molar-refractivity contribution in [2.45, 2.75) is 25.5 Å². The highest BCUT2D eigenvalue weighted by Crippen LogP contribution is 2.28. The van der Waals surface area contributed by atoms with Gasteiger partial charge in [0.2, 0.25) is 0 Å². The minimum atomic E-state index is -0.478. The van der Waals surface area contributed by atoms with Crippen molar-refractivity contribution in [1.82, 2.24) is 0 Å². The number of aliphatic hydroxyl groups excluding tert-OH is 1. The van der Waals surface area contributed by atoms with Crippen LogP contribution in [-0.2, 0) is 6.54 Å². The van der Waals surface area contributed by atoms with Crippen LogP contribution in [0, 0.1) is 15.3 Å². The number of quaternary nitrogens is 1. The van der Waals surface area contributed by atoms with Crippen LogP contribution in [-0.4, -0.2) is 18.2 Å². The van der Waals surface area contributed by atoms with E-state index in [1.54, 1.807) is 17.0 Å². The van der Waals surface area contributed by atoms with E-state index in [9.17, 15) is 9.50 Å². The Kier molecular flexibility index (Phi) is 7.47. The SMILES string of the molecule is OC(c1ccc(F)cc1)C1CC[NH+](Cc2ccccc2I)CC1.[Cl-]. The predicted octanol–water partition coefficient (Wildman–Crippen LogP) is -0.0372. The summed E-state index contributed by atoms with van der Waals surface area (Å²) in [6.07, 6.45) is 1.54. The van der Waals surface area contributed by atoms with Crippen LogP contribution in [0.1, 0.15) is 30.1 Å². The van der Waals surface area contributed by atoms with E-state index in [0.29, 0.717) is 0 Å². The topological polar surface area (TPSA) is 24.7 Å². The van der Waals surface area contributed by atoms with Gasteiger partial charge in [0.1, 0.15) is 12.4 Å². The molecule has 24 heavy (non-hydrogen) atoms. The number of hydrogen-bond acceptors (Lipinski definition) is 1. The van der Waals surface area contributed by atoms with E-state index in [2.05, 4.69) is 46.9 Å². The van der Waals surface area contributed by atoms with Crippen molar-refractivity contribution in [2.75, 3.05) is 13.1 Å². The van der Waals surface area contributed by atoms with Gasteiger partial charge < -0.3 is 22.4 Å². The number of halogens is 3. The Morgan fingerprint density at radius 3 is 2.33 bits per heavy atom. The maximum absolute atomic E-state index is 13.0. The van der Waals surface area contributed by atoms with Crippen molar-refractivity contribution in [3.63, 3.8) is 0 Å². The van der Waals surface area contributed by atoms with E-state index >= 15 is 0 Å². The van der Waals surface area contributed by atoms with Crippen molar-refractivity contribution in [2.24, 2.45) is 5.92 Å². The van der Waals surface area contributed by atoms with Crippen LogP contribution >= 0.6 is 22.6 Å².